The van der Waals surface area contributed by atoms with E-state index in [1.807, 2.05) is 0 Å². The van der Waals surface area contributed by atoms with Crippen LogP contribution in [0.4, 0.5) is 0 Å². The fraction of sp³-hybridized carbons (Fsp3) is 0.464. The minimum Gasteiger partial charge on any atom is -0.486 e. The standard InChI is InChI=1S/C28H32NO2/c1-7-27(5)19-11-9-10-18-22(19)24-21-17(12-13-29(24)28(27,6)8-2)16-20-25(31-15-14-30-20)23(21)26(18,3)4/h9-13,16H,7-8,14-15H2,1-6H3/q+1. The molecular weight excluding hydrogens is 382 g/mol. The average molecular weight is 415 g/mol. The summed E-state index contributed by atoms with van der Waals surface area (Å²) in [7, 11) is 0. The van der Waals surface area contributed by atoms with Crippen molar-refractivity contribution in [2.75, 3.05) is 13.2 Å². The van der Waals surface area contributed by atoms with Crippen LogP contribution in [0.5, 0.6) is 11.5 Å². The fourth-order valence-electron chi connectivity index (χ4n) is 6.81. The highest BCUT2D eigenvalue weighted by Crippen LogP contribution is 2.59. The lowest BCUT2D eigenvalue weighted by molar-refractivity contribution is -0.764. The number of aromatic nitrogens is 1. The molecule has 160 valence electrons. The molecule has 3 heteroatoms. The van der Waals surface area contributed by atoms with Gasteiger partial charge >= 0.3 is 0 Å². The Kier molecular flexibility index (Phi) is 3.60. The van der Waals surface area contributed by atoms with Crippen molar-refractivity contribution in [1.82, 2.24) is 0 Å². The smallest absolute Gasteiger partial charge is 0.221 e. The number of hydrogen-bond donors (Lipinski definition) is 0. The molecular formula is C28H32NO2+. The van der Waals surface area contributed by atoms with Crippen molar-refractivity contribution < 1.29 is 14.0 Å². The molecule has 0 bridgehead atoms. The van der Waals surface area contributed by atoms with Crippen LogP contribution in [-0.2, 0) is 16.4 Å². The predicted octanol–water partition coefficient (Wildman–Crippen LogP) is 6.01. The summed E-state index contributed by atoms with van der Waals surface area (Å²) >= 11 is 0. The second-order valence-electron chi connectivity index (χ2n) is 10.4. The second kappa shape index (κ2) is 5.82. The zero-order chi connectivity index (χ0) is 21.8. The summed E-state index contributed by atoms with van der Waals surface area (Å²) in [5.74, 6) is 1.83. The van der Waals surface area contributed by atoms with Crippen LogP contribution in [0.15, 0.2) is 36.5 Å². The third-order valence-electron chi connectivity index (χ3n) is 9.05. The van der Waals surface area contributed by atoms with Gasteiger partial charge in [-0.1, -0.05) is 45.9 Å². The van der Waals surface area contributed by atoms with E-state index in [1.165, 1.54) is 38.7 Å². The van der Waals surface area contributed by atoms with Crippen molar-refractivity contribution in [1.29, 1.82) is 0 Å². The lowest BCUT2D eigenvalue weighted by Gasteiger charge is -2.49. The first-order valence-electron chi connectivity index (χ1n) is 11.8. The molecule has 0 saturated carbocycles. The van der Waals surface area contributed by atoms with Gasteiger partial charge in [0.15, 0.2) is 23.2 Å². The Balaban J connectivity index is 1.89. The first-order chi connectivity index (χ1) is 14.8. The SMILES string of the molecule is CCC1(C)c2cccc3c2-c2c4c(c5c(cc4cc[n+]2C1(C)CC)OCCO5)C3(C)C. The quantitative estimate of drug-likeness (QED) is 0.479. The van der Waals surface area contributed by atoms with E-state index in [-0.39, 0.29) is 16.4 Å². The number of ether oxygens (including phenoxy) is 2. The maximum absolute atomic E-state index is 6.29. The van der Waals surface area contributed by atoms with E-state index in [9.17, 15) is 0 Å². The van der Waals surface area contributed by atoms with Crippen molar-refractivity contribution >= 4 is 10.8 Å². The molecule has 0 spiro atoms. The summed E-state index contributed by atoms with van der Waals surface area (Å²) in [6.45, 7) is 15.5. The van der Waals surface area contributed by atoms with Crippen LogP contribution in [0.25, 0.3) is 22.0 Å². The first kappa shape index (κ1) is 19.2. The highest BCUT2D eigenvalue weighted by Gasteiger charge is 2.59. The van der Waals surface area contributed by atoms with E-state index in [4.69, 9.17) is 9.47 Å². The first-order valence-corrected chi connectivity index (χ1v) is 11.8. The van der Waals surface area contributed by atoms with Crippen molar-refractivity contribution in [3.63, 3.8) is 0 Å². The van der Waals surface area contributed by atoms with Crippen molar-refractivity contribution in [2.45, 2.75) is 70.8 Å². The number of pyridine rings is 1. The Morgan fingerprint density at radius 3 is 2.42 bits per heavy atom. The van der Waals surface area contributed by atoms with Crippen LogP contribution >= 0.6 is 0 Å². The molecule has 3 aromatic rings. The summed E-state index contributed by atoms with van der Waals surface area (Å²) in [6.07, 6.45) is 4.51. The largest absolute Gasteiger partial charge is 0.486 e. The summed E-state index contributed by atoms with van der Waals surface area (Å²) in [4.78, 5) is 0. The number of hydrogen-bond acceptors (Lipinski definition) is 2. The molecule has 6 rings (SSSR count). The maximum atomic E-state index is 6.29. The lowest BCUT2D eigenvalue weighted by atomic mass is 9.57. The molecule has 0 N–H and O–H groups in total. The van der Waals surface area contributed by atoms with Gasteiger partial charge in [0.05, 0.1) is 16.4 Å². The van der Waals surface area contributed by atoms with Gasteiger partial charge in [-0.25, -0.2) is 0 Å². The van der Waals surface area contributed by atoms with Gasteiger partial charge in [-0.2, -0.15) is 4.57 Å². The van der Waals surface area contributed by atoms with Crippen LogP contribution in [-0.4, -0.2) is 13.2 Å². The molecule has 1 aromatic heterocycles. The molecule has 3 heterocycles. The molecule has 3 aliphatic rings. The van der Waals surface area contributed by atoms with Gasteiger partial charge in [-0.3, -0.25) is 0 Å². The Labute approximate surface area is 185 Å². The van der Waals surface area contributed by atoms with Crippen molar-refractivity contribution in [3.05, 3.63) is 53.2 Å². The summed E-state index contributed by atoms with van der Waals surface area (Å²) in [6, 6.07) is 11.5. The average Bonchev–Trinajstić information content (AvgIpc) is 2.79. The van der Waals surface area contributed by atoms with Crippen molar-refractivity contribution in [2.24, 2.45) is 0 Å². The number of nitrogens with zero attached hydrogens (tertiary/aromatic N) is 1. The Morgan fingerprint density at radius 1 is 0.935 bits per heavy atom. The summed E-state index contributed by atoms with van der Waals surface area (Å²) < 4.78 is 15.0. The van der Waals surface area contributed by atoms with Crippen LogP contribution < -0.4 is 14.0 Å². The molecule has 2 aliphatic heterocycles. The minimum absolute atomic E-state index is 0.0110. The predicted molar refractivity (Wildman–Crippen MR) is 124 cm³/mol. The normalized spacial score (nSPS) is 26.8. The van der Waals surface area contributed by atoms with Gasteiger partial charge in [-0.05, 0) is 35.9 Å². The molecule has 1 aliphatic carbocycles. The zero-order valence-corrected chi connectivity index (χ0v) is 19.6. The van der Waals surface area contributed by atoms with Gasteiger partial charge < -0.3 is 9.47 Å². The maximum Gasteiger partial charge on any atom is 0.221 e. The highest BCUT2D eigenvalue weighted by molar-refractivity contribution is 6.03. The third-order valence-corrected chi connectivity index (χ3v) is 9.05. The zero-order valence-electron chi connectivity index (χ0n) is 19.6. The molecule has 3 nitrogen and oxygen atoms in total. The van der Waals surface area contributed by atoms with Gasteiger partial charge in [0.1, 0.15) is 13.2 Å². The molecule has 31 heavy (non-hydrogen) atoms. The van der Waals surface area contributed by atoms with E-state index in [1.54, 1.807) is 0 Å². The van der Waals surface area contributed by atoms with E-state index >= 15 is 0 Å². The van der Waals surface area contributed by atoms with Gasteiger partial charge in [0.25, 0.3) is 0 Å². The molecule has 2 unspecified atom stereocenters. The van der Waals surface area contributed by atoms with Crippen LogP contribution in [0.1, 0.15) is 71.1 Å². The summed E-state index contributed by atoms with van der Waals surface area (Å²) in [5.41, 5.74) is 6.87. The molecule has 0 radical (unpaired) electrons. The van der Waals surface area contributed by atoms with Gasteiger partial charge in [0.2, 0.25) is 5.69 Å². The van der Waals surface area contributed by atoms with E-state index in [2.05, 4.69) is 82.6 Å². The molecule has 2 atom stereocenters. The molecule has 0 fully saturated rings. The highest BCUT2D eigenvalue weighted by atomic mass is 16.6. The number of benzene rings is 2. The van der Waals surface area contributed by atoms with Gasteiger partial charge in [-0.15, -0.1) is 0 Å². The lowest BCUT2D eigenvalue weighted by Crippen LogP contribution is -2.68. The van der Waals surface area contributed by atoms with E-state index < -0.39 is 0 Å². The van der Waals surface area contributed by atoms with Crippen LogP contribution in [0.3, 0.4) is 0 Å². The molecule has 0 saturated heterocycles. The number of fused-ring (bicyclic) bond motifs is 2. The van der Waals surface area contributed by atoms with Crippen molar-refractivity contribution in [3.8, 4) is 22.8 Å². The van der Waals surface area contributed by atoms with E-state index in [0.29, 0.717) is 13.2 Å². The Morgan fingerprint density at radius 2 is 1.68 bits per heavy atom. The number of rotatable bonds is 2. The monoisotopic (exact) mass is 414 g/mol. The second-order valence-corrected chi connectivity index (χ2v) is 10.4. The molecule has 0 amide bonds. The third kappa shape index (κ3) is 1.99. The Hall–Kier alpha value is -2.55. The van der Waals surface area contributed by atoms with Gasteiger partial charge in [0, 0.05) is 30.4 Å². The topological polar surface area (TPSA) is 22.3 Å². The van der Waals surface area contributed by atoms with E-state index in [0.717, 1.165) is 24.3 Å². The molecule has 2 aromatic carbocycles. The summed E-state index contributed by atoms with van der Waals surface area (Å²) in [5, 5.41) is 2.59. The van der Waals surface area contributed by atoms with Crippen LogP contribution in [0, 0.1) is 0 Å². The Bertz CT molecular complexity index is 1270. The minimum atomic E-state index is -0.170. The van der Waals surface area contributed by atoms with Crippen LogP contribution in [0.2, 0.25) is 0 Å². The fourth-order valence-corrected chi connectivity index (χ4v) is 6.81.